The zero-order chi connectivity index (χ0) is 19.2. The number of para-hydroxylation sites is 1. The molecule has 0 radical (unpaired) electrons. The van der Waals surface area contributed by atoms with Crippen molar-refractivity contribution < 1.29 is 23.7 Å². The molecule has 0 fully saturated rings. The van der Waals surface area contributed by atoms with Crippen LogP contribution >= 0.6 is 0 Å². The number of methoxy groups -OCH3 is 3. The van der Waals surface area contributed by atoms with Crippen LogP contribution in [0.1, 0.15) is 18.1 Å². The van der Waals surface area contributed by atoms with Gasteiger partial charge in [0.15, 0.2) is 23.0 Å². The van der Waals surface area contributed by atoms with E-state index in [2.05, 4.69) is 6.08 Å². The zero-order valence-corrected chi connectivity index (χ0v) is 16.1. The smallest absolute Gasteiger partial charge is 0.203 e. The van der Waals surface area contributed by atoms with Gasteiger partial charge in [0.1, 0.15) is 6.61 Å². The van der Waals surface area contributed by atoms with E-state index in [4.69, 9.17) is 23.7 Å². The van der Waals surface area contributed by atoms with Gasteiger partial charge in [-0.3, -0.25) is 0 Å². The summed E-state index contributed by atoms with van der Waals surface area (Å²) in [6, 6.07) is 9.72. The molecule has 1 aliphatic rings. The van der Waals surface area contributed by atoms with E-state index in [0.717, 1.165) is 28.2 Å². The van der Waals surface area contributed by atoms with Crippen LogP contribution in [0.15, 0.2) is 42.0 Å². The number of fused-ring (bicyclic) bond motifs is 1. The maximum absolute atomic E-state index is 5.92. The minimum atomic E-state index is 0.484. The molecule has 0 spiro atoms. The van der Waals surface area contributed by atoms with E-state index in [-0.39, 0.29) is 0 Å². The van der Waals surface area contributed by atoms with Crippen LogP contribution in [0.25, 0.3) is 12.2 Å². The molecule has 27 heavy (non-hydrogen) atoms. The number of rotatable bonds is 7. The second kappa shape index (κ2) is 8.54. The summed E-state index contributed by atoms with van der Waals surface area (Å²) in [5.74, 6) is 3.40. The normalized spacial score (nSPS) is 12.8. The molecule has 1 heterocycles. The third-order valence-corrected chi connectivity index (χ3v) is 4.21. The molecule has 3 rings (SSSR count). The SMILES string of the molecule is CCOc1cccc2c1OCC(/C=C/c1cc(OC)c(OC)c(OC)c1)=C2. The highest BCUT2D eigenvalue weighted by molar-refractivity contribution is 5.71. The Morgan fingerprint density at radius 3 is 2.33 bits per heavy atom. The lowest BCUT2D eigenvalue weighted by Crippen LogP contribution is -2.07. The quantitative estimate of drug-likeness (QED) is 0.715. The van der Waals surface area contributed by atoms with Crippen LogP contribution in [-0.4, -0.2) is 34.5 Å². The first-order chi connectivity index (χ1) is 13.2. The molecule has 0 saturated carbocycles. The van der Waals surface area contributed by atoms with Crippen LogP contribution in [0.4, 0.5) is 0 Å². The molecule has 5 nitrogen and oxygen atoms in total. The van der Waals surface area contributed by atoms with E-state index in [1.807, 2.05) is 49.4 Å². The first-order valence-electron chi connectivity index (χ1n) is 8.77. The van der Waals surface area contributed by atoms with Crippen molar-refractivity contribution in [2.45, 2.75) is 6.92 Å². The Bertz CT molecular complexity index is 842. The molecule has 0 N–H and O–H groups in total. The Morgan fingerprint density at radius 1 is 0.963 bits per heavy atom. The summed E-state index contributed by atoms with van der Waals surface area (Å²) in [6.45, 7) is 3.05. The molecule has 1 aliphatic heterocycles. The monoisotopic (exact) mass is 368 g/mol. The Labute approximate surface area is 159 Å². The molecule has 0 amide bonds. The van der Waals surface area contributed by atoms with E-state index in [9.17, 15) is 0 Å². The van der Waals surface area contributed by atoms with E-state index in [1.165, 1.54) is 0 Å². The molecule has 142 valence electrons. The Hall–Kier alpha value is -3.08. The van der Waals surface area contributed by atoms with Gasteiger partial charge in [-0.05, 0) is 42.3 Å². The molecular formula is C22H24O5. The van der Waals surface area contributed by atoms with Crippen molar-refractivity contribution in [1.29, 1.82) is 0 Å². The molecule has 0 saturated heterocycles. The van der Waals surface area contributed by atoms with Gasteiger partial charge in [0, 0.05) is 5.56 Å². The lowest BCUT2D eigenvalue weighted by molar-refractivity contribution is 0.292. The number of hydrogen-bond acceptors (Lipinski definition) is 5. The van der Waals surface area contributed by atoms with E-state index >= 15 is 0 Å². The van der Waals surface area contributed by atoms with Gasteiger partial charge in [0.25, 0.3) is 0 Å². The minimum absolute atomic E-state index is 0.484. The molecule has 0 aromatic heterocycles. The standard InChI is InChI=1S/C22H24O5/c1-5-26-18-8-6-7-17-11-16(14-27-21(17)18)10-9-15-12-19(23-2)22(25-4)20(13-15)24-3/h6-13H,5,14H2,1-4H3/b10-9+. The third kappa shape index (κ3) is 4.03. The van der Waals surface area contributed by atoms with Gasteiger partial charge in [-0.25, -0.2) is 0 Å². The van der Waals surface area contributed by atoms with E-state index in [1.54, 1.807) is 21.3 Å². The van der Waals surface area contributed by atoms with Gasteiger partial charge in [0.2, 0.25) is 5.75 Å². The highest BCUT2D eigenvalue weighted by Gasteiger charge is 2.15. The summed E-state index contributed by atoms with van der Waals surface area (Å²) in [4.78, 5) is 0. The first kappa shape index (κ1) is 18.7. The first-order valence-corrected chi connectivity index (χ1v) is 8.77. The van der Waals surface area contributed by atoms with Gasteiger partial charge in [0.05, 0.1) is 27.9 Å². The van der Waals surface area contributed by atoms with Crippen molar-refractivity contribution in [2.24, 2.45) is 0 Å². The second-order valence-electron chi connectivity index (χ2n) is 5.91. The van der Waals surface area contributed by atoms with Gasteiger partial charge in [-0.1, -0.05) is 24.3 Å². The lowest BCUT2D eigenvalue weighted by Gasteiger charge is -2.19. The Balaban J connectivity index is 1.88. The number of hydrogen-bond donors (Lipinski definition) is 0. The highest BCUT2D eigenvalue weighted by atomic mass is 16.5. The Kier molecular flexibility index (Phi) is 5.91. The molecule has 0 aliphatic carbocycles. The zero-order valence-electron chi connectivity index (χ0n) is 16.1. The fraction of sp³-hybridized carbons (Fsp3) is 0.273. The molecule has 2 aromatic carbocycles. The van der Waals surface area contributed by atoms with Crippen LogP contribution in [0, 0.1) is 0 Å². The molecule has 5 heteroatoms. The van der Waals surface area contributed by atoms with Crippen molar-refractivity contribution >= 4 is 12.2 Å². The maximum Gasteiger partial charge on any atom is 0.203 e. The summed E-state index contributed by atoms with van der Waals surface area (Å²) >= 11 is 0. The van der Waals surface area contributed by atoms with Crippen LogP contribution in [0.2, 0.25) is 0 Å². The van der Waals surface area contributed by atoms with Crippen LogP contribution in [0.3, 0.4) is 0 Å². The molecular weight excluding hydrogens is 344 g/mol. The van der Waals surface area contributed by atoms with Crippen molar-refractivity contribution in [3.05, 3.63) is 53.1 Å². The molecule has 0 atom stereocenters. The summed E-state index contributed by atoms with van der Waals surface area (Å²) in [5, 5.41) is 0. The summed E-state index contributed by atoms with van der Waals surface area (Å²) < 4.78 is 27.7. The molecule has 0 unspecified atom stereocenters. The van der Waals surface area contributed by atoms with Crippen molar-refractivity contribution in [1.82, 2.24) is 0 Å². The fourth-order valence-corrected chi connectivity index (χ4v) is 2.96. The molecule has 0 bridgehead atoms. The third-order valence-electron chi connectivity index (χ3n) is 4.21. The van der Waals surface area contributed by atoms with Crippen LogP contribution in [0.5, 0.6) is 28.7 Å². The highest BCUT2D eigenvalue weighted by Crippen LogP contribution is 2.39. The number of benzene rings is 2. The van der Waals surface area contributed by atoms with Gasteiger partial charge >= 0.3 is 0 Å². The summed E-state index contributed by atoms with van der Waals surface area (Å²) in [5.41, 5.74) is 3.01. The lowest BCUT2D eigenvalue weighted by atomic mass is 10.1. The summed E-state index contributed by atoms with van der Waals surface area (Å²) in [6.07, 6.45) is 6.13. The van der Waals surface area contributed by atoms with Crippen molar-refractivity contribution in [3.63, 3.8) is 0 Å². The Morgan fingerprint density at radius 2 is 1.70 bits per heavy atom. The minimum Gasteiger partial charge on any atom is -0.493 e. The number of ether oxygens (including phenoxy) is 5. The predicted molar refractivity (Wildman–Crippen MR) is 106 cm³/mol. The maximum atomic E-state index is 5.92. The van der Waals surface area contributed by atoms with Gasteiger partial charge in [-0.2, -0.15) is 0 Å². The average molecular weight is 368 g/mol. The topological polar surface area (TPSA) is 46.2 Å². The van der Waals surface area contributed by atoms with E-state index < -0.39 is 0 Å². The van der Waals surface area contributed by atoms with Crippen LogP contribution in [-0.2, 0) is 0 Å². The molecule has 2 aromatic rings. The predicted octanol–water partition coefficient (Wildman–Crippen LogP) is 4.60. The second-order valence-corrected chi connectivity index (χ2v) is 5.91. The van der Waals surface area contributed by atoms with Crippen LogP contribution < -0.4 is 23.7 Å². The van der Waals surface area contributed by atoms with Gasteiger partial charge in [-0.15, -0.1) is 0 Å². The van der Waals surface area contributed by atoms with Crippen molar-refractivity contribution in [2.75, 3.05) is 34.5 Å². The fourth-order valence-electron chi connectivity index (χ4n) is 2.96. The van der Waals surface area contributed by atoms with Crippen molar-refractivity contribution in [3.8, 4) is 28.7 Å². The van der Waals surface area contributed by atoms with E-state index in [0.29, 0.717) is 30.5 Å². The summed E-state index contributed by atoms with van der Waals surface area (Å²) in [7, 11) is 4.80. The largest absolute Gasteiger partial charge is 0.493 e. The van der Waals surface area contributed by atoms with Gasteiger partial charge < -0.3 is 23.7 Å². The average Bonchev–Trinajstić information content (AvgIpc) is 2.71.